The summed E-state index contributed by atoms with van der Waals surface area (Å²) in [7, 11) is 0. The number of hydrogen-bond donors (Lipinski definition) is 1. The Labute approximate surface area is 206 Å². The van der Waals surface area contributed by atoms with Crippen LogP contribution in [-0.4, -0.2) is 24.0 Å². The maximum absolute atomic E-state index is 12.8. The van der Waals surface area contributed by atoms with Crippen LogP contribution >= 0.6 is 11.6 Å². The molecule has 34 heavy (non-hydrogen) atoms. The zero-order chi connectivity index (χ0) is 25.6. The number of aldehydes is 1. The lowest BCUT2D eigenvalue weighted by atomic mass is 9.85. The summed E-state index contributed by atoms with van der Waals surface area (Å²) >= 11 is 6.12. The van der Waals surface area contributed by atoms with Crippen molar-refractivity contribution >= 4 is 17.9 Å². The minimum atomic E-state index is -4.56. The van der Waals surface area contributed by atoms with Gasteiger partial charge >= 0.3 is 6.18 Å². The van der Waals surface area contributed by atoms with Gasteiger partial charge in [-0.25, -0.2) is 0 Å². The predicted octanol–water partition coefficient (Wildman–Crippen LogP) is 7.83. The molecule has 1 atom stereocenters. The Balaban J connectivity index is 0.00000104. The molecule has 2 nitrogen and oxygen atoms in total. The molecule has 0 aliphatic heterocycles. The fraction of sp³-hybridized carbons (Fsp3) is 0.393. The number of allylic oxidation sites excluding steroid dienone is 2. The van der Waals surface area contributed by atoms with Crippen LogP contribution in [0.4, 0.5) is 13.2 Å². The van der Waals surface area contributed by atoms with E-state index >= 15 is 0 Å². The lowest BCUT2D eigenvalue weighted by molar-refractivity contribution is -0.113. The minimum absolute atomic E-state index is 0.0697. The maximum Gasteiger partial charge on any atom is 0.415 e. The van der Waals surface area contributed by atoms with Gasteiger partial charge in [-0.2, -0.15) is 13.2 Å². The molecule has 1 N–H and O–H groups in total. The van der Waals surface area contributed by atoms with E-state index in [1.807, 2.05) is 60.7 Å². The number of nitrogens with one attached hydrogen (secondary N) is 1. The molecule has 186 valence electrons. The van der Waals surface area contributed by atoms with E-state index in [0.29, 0.717) is 12.8 Å². The van der Waals surface area contributed by atoms with Gasteiger partial charge in [0.2, 0.25) is 0 Å². The monoisotopic (exact) mass is 493 g/mol. The molecule has 0 aliphatic carbocycles. The van der Waals surface area contributed by atoms with Crippen molar-refractivity contribution < 1.29 is 18.0 Å². The first-order chi connectivity index (χ1) is 16.1. The molecular weight excluding hydrogens is 459 g/mol. The van der Waals surface area contributed by atoms with Gasteiger partial charge in [0, 0.05) is 16.6 Å². The van der Waals surface area contributed by atoms with Crippen LogP contribution in [0.5, 0.6) is 0 Å². The van der Waals surface area contributed by atoms with E-state index in [2.05, 4.69) is 25.7 Å². The van der Waals surface area contributed by atoms with Crippen LogP contribution in [0, 0.1) is 0 Å². The van der Waals surface area contributed by atoms with Crippen molar-refractivity contribution in [2.75, 3.05) is 0 Å². The number of carbonyl (C=O) groups excluding carboxylic acids is 1. The van der Waals surface area contributed by atoms with Gasteiger partial charge in [-0.1, -0.05) is 112 Å². The lowest BCUT2D eigenvalue weighted by Crippen LogP contribution is -2.54. The fourth-order valence-electron chi connectivity index (χ4n) is 3.43. The Morgan fingerprint density at radius 2 is 1.41 bits per heavy atom. The molecule has 0 bridgehead atoms. The van der Waals surface area contributed by atoms with Crippen molar-refractivity contribution in [3.63, 3.8) is 0 Å². The number of carbonyl (C=O) groups is 1. The summed E-state index contributed by atoms with van der Waals surface area (Å²) in [5.41, 5.74) is -0.237. The summed E-state index contributed by atoms with van der Waals surface area (Å²) in [4.78, 5) is 12.3. The van der Waals surface area contributed by atoms with Crippen molar-refractivity contribution in [3.8, 4) is 0 Å². The first kappa shape index (κ1) is 29.7. The molecule has 0 radical (unpaired) electrons. The number of rotatable bonds is 11. The molecule has 0 aliphatic rings. The highest BCUT2D eigenvalue weighted by molar-refractivity contribution is 6.30. The predicted molar refractivity (Wildman–Crippen MR) is 136 cm³/mol. The lowest BCUT2D eigenvalue weighted by Gasteiger charge is -2.33. The van der Waals surface area contributed by atoms with E-state index in [4.69, 9.17) is 11.6 Å². The topological polar surface area (TPSA) is 29.1 Å². The van der Waals surface area contributed by atoms with Crippen LogP contribution < -0.4 is 5.32 Å². The van der Waals surface area contributed by atoms with Gasteiger partial charge in [0.15, 0.2) is 0 Å². The highest BCUT2D eigenvalue weighted by Gasteiger charge is 2.34. The molecule has 0 saturated carbocycles. The van der Waals surface area contributed by atoms with Gasteiger partial charge in [0.25, 0.3) is 0 Å². The molecule has 6 heteroatoms. The van der Waals surface area contributed by atoms with Crippen molar-refractivity contribution in [2.24, 2.45) is 0 Å². The molecule has 2 rings (SSSR count). The average Bonchev–Trinajstić information content (AvgIpc) is 2.80. The van der Waals surface area contributed by atoms with Crippen molar-refractivity contribution in [1.29, 1.82) is 0 Å². The molecule has 0 fully saturated rings. The van der Waals surface area contributed by atoms with E-state index in [1.165, 1.54) is 19.3 Å². The van der Waals surface area contributed by atoms with E-state index in [9.17, 15) is 18.0 Å². The molecule has 0 heterocycles. The molecular formula is C28H35ClF3NO. The highest BCUT2D eigenvalue weighted by atomic mass is 35.5. The normalized spacial score (nSPS) is 13.0. The van der Waals surface area contributed by atoms with Crippen molar-refractivity contribution in [1.82, 2.24) is 5.32 Å². The molecule has 0 amide bonds. The number of halogens is 4. The molecule has 0 spiro atoms. The van der Waals surface area contributed by atoms with Crippen LogP contribution in [0.25, 0.3) is 0 Å². The smallest absolute Gasteiger partial charge is 0.301 e. The zero-order valence-corrected chi connectivity index (χ0v) is 20.9. The summed E-state index contributed by atoms with van der Waals surface area (Å²) in [6.07, 6.45) is 1.84. The third kappa shape index (κ3) is 10.7. The van der Waals surface area contributed by atoms with E-state index in [1.54, 1.807) is 6.92 Å². The van der Waals surface area contributed by atoms with E-state index < -0.39 is 23.3 Å². The van der Waals surface area contributed by atoms with Crippen LogP contribution in [0.15, 0.2) is 83.9 Å². The quantitative estimate of drug-likeness (QED) is 0.255. The summed E-state index contributed by atoms with van der Waals surface area (Å²) in [6.45, 7) is 9.06. The van der Waals surface area contributed by atoms with Gasteiger partial charge in [-0.15, -0.1) is 0 Å². The molecule has 2 aromatic rings. The first-order valence-corrected chi connectivity index (χ1v) is 11.9. The van der Waals surface area contributed by atoms with Gasteiger partial charge in [-0.3, -0.25) is 5.32 Å². The van der Waals surface area contributed by atoms with E-state index in [-0.39, 0.29) is 5.03 Å². The largest absolute Gasteiger partial charge is 0.415 e. The number of alkyl halides is 3. The highest BCUT2D eigenvalue weighted by Crippen LogP contribution is 2.28. The fourth-order valence-corrected chi connectivity index (χ4v) is 3.62. The second-order valence-corrected chi connectivity index (χ2v) is 8.81. The molecule has 0 saturated heterocycles. The number of hydrogen-bond acceptors (Lipinski definition) is 2. The van der Waals surface area contributed by atoms with Crippen molar-refractivity contribution in [2.45, 2.75) is 70.6 Å². The van der Waals surface area contributed by atoms with Gasteiger partial charge in [0.05, 0.1) is 5.54 Å². The van der Waals surface area contributed by atoms with E-state index in [0.717, 1.165) is 23.5 Å². The third-order valence-electron chi connectivity index (χ3n) is 5.25. The minimum Gasteiger partial charge on any atom is -0.301 e. The Hall–Kier alpha value is -2.37. The molecule has 1 unspecified atom stereocenters. The number of unbranched alkanes of at least 4 members (excludes halogenated alkanes) is 2. The summed E-state index contributed by atoms with van der Waals surface area (Å²) in [6, 6.07) is 18.2. The first-order valence-electron chi connectivity index (χ1n) is 11.5. The second-order valence-electron chi connectivity index (χ2n) is 8.37. The maximum atomic E-state index is 12.8. The Bertz CT molecular complexity index is 851. The van der Waals surface area contributed by atoms with Crippen LogP contribution in [0.1, 0.15) is 51.2 Å². The molecule has 0 aromatic heterocycles. The van der Waals surface area contributed by atoms with Crippen molar-refractivity contribution in [3.05, 3.63) is 95.1 Å². The summed E-state index contributed by atoms with van der Waals surface area (Å²) in [5, 5.41) is 3.09. The van der Waals surface area contributed by atoms with Crippen LogP contribution in [0.2, 0.25) is 0 Å². The standard InChI is InChI=1S/C23H23ClF3NO.C5H12/c1-17(23(25,26)27)13-21(24)18(2)28-22(16-29,14-19-9-5-3-6-10-19)15-20-11-7-4-8-12-20;1-3-5-4-2/h3-13,16,18,28H,1,14-15H2,2H3;3-5H2,1-2H3/b21-13+;. The van der Waals surface area contributed by atoms with Gasteiger partial charge in [0.1, 0.15) is 6.29 Å². The van der Waals surface area contributed by atoms with Gasteiger partial charge < -0.3 is 4.79 Å². The second kappa shape index (κ2) is 14.8. The Morgan fingerprint density at radius 3 is 1.74 bits per heavy atom. The average molecular weight is 494 g/mol. The summed E-state index contributed by atoms with van der Waals surface area (Å²) in [5.74, 6) is 0. The van der Waals surface area contributed by atoms with Gasteiger partial charge in [-0.05, 0) is 37.0 Å². The number of benzene rings is 2. The van der Waals surface area contributed by atoms with Crippen LogP contribution in [0.3, 0.4) is 0 Å². The molecule has 2 aromatic carbocycles. The Morgan fingerprint density at radius 1 is 0.971 bits per heavy atom. The third-order valence-corrected chi connectivity index (χ3v) is 5.69. The SMILES string of the molecule is C=C(/C=C(/Cl)C(C)NC(C=O)(Cc1ccccc1)Cc1ccccc1)C(F)(F)F.CCCCC. The Kier molecular flexibility index (Phi) is 12.9. The van der Waals surface area contributed by atoms with Crippen LogP contribution in [-0.2, 0) is 17.6 Å². The summed E-state index contributed by atoms with van der Waals surface area (Å²) < 4.78 is 38.3. The zero-order valence-electron chi connectivity index (χ0n) is 20.2.